The van der Waals surface area contributed by atoms with Gasteiger partial charge < -0.3 is 0 Å². The Bertz CT molecular complexity index is 1130. The predicted molar refractivity (Wildman–Crippen MR) is 111 cm³/mol. The third kappa shape index (κ3) is 4.07. The van der Waals surface area contributed by atoms with Crippen molar-refractivity contribution in [3.63, 3.8) is 0 Å². The summed E-state index contributed by atoms with van der Waals surface area (Å²) in [5.74, 6) is 0. The number of nitriles is 1. The van der Waals surface area contributed by atoms with Crippen LogP contribution in [0.4, 0.5) is 5.69 Å². The van der Waals surface area contributed by atoms with Crippen LogP contribution in [-0.4, -0.2) is 16.0 Å². The van der Waals surface area contributed by atoms with Gasteiger partial charge in [-0.15, -0.1) is 0 Å². The number of nitrogens with one attached hydrogen (secondary N) is 1. The molecule has 0 saturated carbocycles. The maximum atomic E-state index is 12.7. The lowest BCUT2D eigenvalue weighted by molar-refractivity contribution is 0.835. The van der Waals surface area contributed by atoms with Crippen molar-refractivity contribution in [2.24, 2.45) is 4.99 Å². The molecule has 9 heteroatoms. The average molecular weight is 438 g/mol. The van der Waals surface area contributed by atoms with Gasteiger partial charge in [0.05, 0.1) is 27.0 Å². The number of aryl methyl sites for hydroxylation is 1. The standard InChI is InChI=1S/C18H11Cl3N4OS/c1-10-13(18(26)25(24-10)12-4-2-11(19)3-5-12)8-23-14-6-7-15(27-9-22)17(21)16(14)20/h2-8,24H,1H3. The van der Waals surface area contributed by atoms with Crippen LogP contribution >= 0.6 is 46.6 Å². The molecule has 1 N–H and O–H groups in total. The maximum absolute atomic E-state index is 12.7. The van der Waals surface area contributed by atoms with Crippen LogP contribution in [0.25, 0.3) is 5.69 Å². The molecule has 1 aromatic heterocycles. The van der Waals surface area contributed by atoms with Gasteiger partial charge in [0.15, 0.2) is 0 Å². The summed E-state index contributed by atoms with van der Waals surface area (Å²) in [5.41, 5.74) is 1.86. The Morgan fingerprint density at radius 2 is 1.85 bits per heavy atom. The molecule has 0 aliphatic heterocycles. The zero-order valence-corrected chi connectivity index (χ0v) is 16.9. The molecule has 27 heavy (non-hydrogen) atoms. The Labute approximate surface area is 174 Å². The highest BCUT2D eigenvalue weighted by Crippen LogP contribution is 2.38. The summed E-state index contributed by atoms with van der Waals surface area (Å²) in [5, 5.41) is 14.8. The van der Waals surface area contributed by atoms with Crippen LogP contribution in [0.1, 0.15) is 11.3 Å². The monoisotopic (exact) mass is 436 g/mol. The second-order valence-electron chi connectivity index (χ2n) is 5.43. The molecule has 0 atom stereocenters. The van der Waals surface area contributed by atoms with E-state index in [0.717, 1.165) is 11.8 Å². The summed E-state index contributed by atoms with van der Waals surface area (Å²) in [7, 11) is 0. The fourth-order valence-corrected chi connectivity index (χ4v) is 3.46. The smallest absolute Gasteiger partial charge is 0.280 e. The molecule has 0 aliphatic rings. The van der Waals surface area contributed by atoms with Gasteiger partial charge >= 0.3 is 0 Å². The molecular formula is C18H11Cl3N4OS. The maximum Gasteiger partial charge on any atom is 0.280 e. The molecular weight excluding hydrogens is 427 g/mol. The third-order valence-corrected chi connectivity index (χ3v) is 5.60. The lowest BCUT2D eigenvalue weighted by atomic mass is 10.2. The Balaban J connectivity index is 1.97. The first-order valence-electron chi connectivity index (χ1n) is 7.58. The van der Waals surface area contributed by atoms with Crippen LogP contribution in [0.15, 0.2) is 51.1 Å². The van der Waals surface area contributed by atoms with Crippen molar-refractivity contribution in [3.8, 4) is 11.1 Å². The SMILES string of the molecule is Cc1[nH]n(-c2ccc(Cl)cc2)c(=O)c1C=Nc1ccc(SC#N)c(Cl)c1Cl. The Kier molecular flexibility index (Phi) is 5.98. The highest BCUT2D eigenvalue weighted by molar-refractivity contribution is 8.03. The van der Waals surface area contributed by atoms with E-state index < -0.39 is 0 Å². The molecule has 2 aromatic carbocycles. The minimum atomic E-state index is -0.252. The van der Waals surface area contributed by atoms with Gasteiger partial charge in [-0.05, 0) is 55.1 Å². The third-order valence-electron chi connectivity index (χ3n) is 3.72. The van der Waals surface area contributed by atoms with E-state index in [0.29, 0.717) is 32.6 Å². The van der Waals surface area contributed by atoms with Crippen molar-refractivity contribution in [1.29, 1.82) is 5.26 Å². The van der Waals surface area contributed by atoms with Gasteiger partial charge in [0.25, 0.3) is 5.56 Å². The fourth-order valence-electron chi connectivity index (χ4n) is 2.37. The van der Waals surface area contributed by atoms with Crippen LogP contribution in [0.5, 0.6) is 0 Å². The van der Waals surface area contributed by atoms with Crippen molar-refractivity contribution in [3.05, 3.63) is 73.1 Å². The van der Waals surface area contributed by atoms with E-state index in [-0.39, 0.29) is 15.6 Å². The van der Waals surface area contributed by atoms with Crippen molar-refractivity contribution in [1.82, 2.24) is 9.78 Å². The van der Waals surface area contributed by atoms with Crippen LogP contribution < -0.4 is 5.56 Å². The first-order chi connectivity index (χ1) is 12.9. The highest BCUT2D eigenvalue weighted by Gasteiger charge is 2.13. The molecule has 0 aliphatic carbocycles. The number of hydrogen-bond donors (Lipinski definition) is 1. The van der Waals surface area contributed by atoms with Gasteiger partial charge in [-0.25, -0.2) is 4.68 Å². The first kappa shape index (κ1) is 19.6. The molecule has 0 fully saturated rings. The van der Waals surface area contributed by atoms with E-state index in [1.165, 1.54) is 10.9 Å². The highest BCUT2D eigenvalue weighted by atomic mass is 35.5. The van der Waals surface area contributed by atoms with Crippen LogP contribution in [0.2, 0.25) is 15.1 Å². The molecule has 0 unspecified atom stereocenters. The molecule has 3 rings (SSSR count). The number of H-pyrrole nitrogens is 1. The summed E-state index contributed by atoms with van der Waals surface area (Å²) in [6.45, 7) is 1.77. The Hall–Kier alpha value is -2.17. The normalized spacial score (nSPS) is 11.1. The van der Waals surface area contributed by atoms with Gasteiger partial charge in [0.2, 0.25) is 0 Å². The van der Waals surface area contributed by atoms with E-state index in [1.54, 1.807) is 43.3 Å². The molecule has 1 heterocycles. The molecule has 0 saturated heterocycles. The molecule has 0 radical (unpaired) electrons. The lowest BCUT2D eigenvalue weighted by Crippen LogP contribution is -2.17. The molecule has 0 amide bonds. The van der Waals surface area contributed by atoms with E-state index in [9.17, 15) is 4.79 Å². The van der Waals surface area contributed by atoms with Gasteiger partial charge in [0.1, 0.15) is 5.40 Å². The van der Waals surface area contributed by atoms with Gasteiger partial charge in [-0.2, -0.15) is 5.26 Å². The summed E-state index contributed by atoms with van der Waals surface area (Å²) in [4.78, 5) is 17.5. The average Bonchev–Trinajstić information content (AvgIpc) is 2.93. The van der Waals surface area contributed by atoms with Crippen LogP contribution in [0.3, 0.4) is 0 Å². The zero-order chi connectivity index (χ0) is 19.6. The number of rotatable bonds is 4. The number of hydrogen-bond acceptors (Lipinski definition) is 4. The number of nitrogens with zero attached hydrogens (tertiary/aromatic N) is 3. The van der Waals surface area contributed by atoms with Crippen molar-refractivity contribution in [2.45, 2.75) is 11.8 Å². The lowest BCUT2D eigenvalue weighted by Gasteiger charge is -2.03. The second-order valence-corrected chi connectivity index (χ2v) is 7.45. The summed E-state index contributed by atoms with van der Waals surface area (Å²) in [6, 6.07) is 10.2. The molecule has 3 aromatic rings. The number of halogens is 3. The van der Waals surface area contributed by atoms with Crippen molar-refractivity contribution < 1.29 is 0 Å². The topological polar surface area (TPSA) is 73.9 Å². The predicted octanol–water partition coefficient (Wildman–Crippen LogP) is 5.76. The first-order valence-corrected chi connectivity index (χ1v) is 9.53. The molecule has 0 spiro atoms. The largest absolute Gasteiger partial charge is 0.295 e. The number of aromatic amines is 1. The van der Waals surface area contributed by atoms with Gasteiger partial charge in [-0.1, -0.05) is 34.8 Å². The van der Waals surface area contributed by atoms with E-state index >= 15 is 0 Å². The second kappa shape index (κ2) is 8.24. The van der Waals surface area contributed by atoms with Crippen LogP contribution in [0, 0.1) is 17.6 Å². The number of aromatic nitrogens is 2. The number of aliphatic imine (C=N–C) groups is 1. The zero-order valence-electron chi connectivity index (χ0n) is 13.8. The molecule has 0 bridgehead atoms. The van der Waals surface area contributed by atoms with Crippen molar-refractivity contribution in [2.75, 3.05) is 0 Å². The number of benzene rings is 2. The van der Waals surface area contributed by atoms with Crippen LogP contribution in [-0.2, 0) is 0 Å². The molecule has 136 valence electrons. The van der Waals surface area contributed by atoms with Gasteiger partial charge in [-0.3, -0.25) is 14.9 Å². The summed E-state index contributed by atoms with van der Waals surface area (Å²) < 4.78 is 1.41. The van der Waals surface area contributed by atoms with E-state index in [4.69, 9.17) is 40.1 Å². The van der Waals surface area contributed by atoms with Crippen molar-refractivity contribution >= 4 is 58.5 Å². The number of thioether (sulfide) groups is 1. The Morgan fingerprint density at radius 3 is 2.52 bits per heavy atom. The quantitative estimate of drug-likeness (QED) is 0.320. The molecule has 5 nitrogen and oxygen atoms in total. The Morgan fingerprint density at radius 1 is 1.15 bits per heavy atom. The summed E-state index contributed by atoms with van der Waals surface area (Å²) >= 11 is 19.2. The minimum absolute atomic E-state index is 0.222. The minimum Gasteiger partial charge on any atom is -0.295 e. The fraction of sp³-hybridized carbons (Fsp3) is 0.0556. The van der Waals surface area contributed by atoms with E-state index in [2.05, 4.69) is 10.1 Å². The number of thiocyanates is 1. The van der Waals surface area contributed by atoms with E-state index in [1.807, 2.05) is 5.40 Å². The summed E-state index contributed by atoms with van der Waals surface area (Å²) in [6.07, 6.45) is 1.44. The van der Waals surface area contributed by atoms with Gasteiger partial charge in [0, 0.05) is 21.8 Å².